The van der Waals surface area contributed by atoms with E-state index in [0.717, 1.165) is 22.3 Å². The molecule has 0 saturated carbocycles. The van der Waals surface area contributed by atoms with Gasteiger partial charge in [0.25, 0.3) is 0 Å². The standard InChI is InChI=1S/C18H22N2O3S/c1-13-4-7-16(8-5-13)11-19-18(21)12-20-24(22,23)17-9-6-14(2)15(3)10-17/h4-10,20H,11-12H2,1-3H3,(H,19,21). The van der Waals surface area contributed by atoms with Crippen LogP contribution in [-0.4, -0.2) is 20.9 Å². The van der Waals surface area contributed by atoms with Gasteiger partial charge in [0.15, 0.2) is 0 Å². The third-order valence-electron chi connectivity index (χ3n) is 3.82. The average molecular weight is 346 g/mol. The highest BCUT2D eigenvalue weighted by Crippen LogP contribution is 2.14. The fraction of sp³-hybridized carbons (Fsp3) is 0.278. The van der Waals surface area contributed by atoms with Crippen LogP contribution in [0.5, 0.6) is 0 Å². The smallest absolute Gasteiger partial charge is 0.241 e. The van der Waals surface area contributed by atoms with Crippen molar-refractivity contribution in [3.8, 4) is 0 Å². The second kappa shape index (κ2) is 7.59. The van der Waals surface area contributed by atoms with E-state index in [9.17, 15) is 13.2 Å². The van der Waals surface area contributed by atoms with Crippen LogP contribution in [0.1, 0.15) is 22.3 Å². The molecule has 24 heavy (non-hydrogen) atoms. The van der Waals surface area contributed by atoms with Crippen LogP contribution in [0.15, 0.2) is 47.4 Å². The fourth-order valence-electron chi connectivity index (χ4n) is 2.09. The number of hydrogen-bond donors (Lipinski definition) is 2. The van der Waals surface area contributed by atoms with Crippen molar-refractivity contribution >= 4 is 15.9 Å². The summed E-state index contributed by atoms with van der Waals surface area (Å²) in [4.78, 5) is 12.0. The van der Waals surface area contributed by atoms with Gasteiger partial charge in [-0.2, -0.15) is 0 Å². The van der Waals surface area contributed by atoms with Crippen LogP contribution in [0.2, 0.25) is 0 Å². The summed E-state index contributed by atoms with van der Waals surface area (Å²) in [5.74, 6) is -0.372. The largest absolute Gasteiger partial charge is 0.351 e. The number of nitrogens with one attached hydrogen (secondary N) is 2. The molecule has 0 bridgehead atoms. The molecule has 2 rings (SSSR count). The molecule has 0 aliphatic heterocycles. The zero-order valence-corrected chi connectivity index (χ0v) is 14.9. The van der Waals surface area contributed by atoms with Crippen molar-refractivity contribution in [2.45, 2.75) is 32.2 Å². The van der Waals surface area contributed by atoms with E-state index in [1.807, 2.05) is 45.0 Å². The first-order valence-corrected chi connectivity index (χ1v) is 9.15. The lowest BCUT2D eigenvalue weighted by Crippen LogP contribution is -2.36. The van der Waals surface area contributed by atoms with E-state index in [1.54, 1.807) is 12.1 Å². The van der Waals surface area contributed by atoms with Gasteiger partial charge in [0.1, 0.15) is 0 Å². The van der Waals surface area contributed by atoms with E-state index in [-0.39, 0.29) is 17.3 Å². The van der Waals surface area contributed by atoms with Crippen molar-refractivity contribution in [3.63, 3.8) is 0 Å². The summed E-state index contributed by atoms with van der Waals surface area (Å²) < 4.78 is 26.8. The van der Waals surface area contributed by atoms with Crippen LogP contribution < -0.4 is 10.0 Å². The normalized spacial score (nSPS) is 11.3. The van der Waals surface area contributed by atoms with Gasteiger partial charge in [0.2, 0.25) is 15.9 Å². The van der Waals surface area contributed by atoms with Gasteiger partial charge >= 0.3 is 0 Å². The quantitative estimate of drug-likeness (QED) is 0.842. The van der Waals surface area contributed by atoms with E-state index in [2.05, 4.69) is 10.0 Å². The van der Waals surface area contributed by atoms with Crippen LogP contribution in [0.4, 0.5) is 0 Å². The third kappa shape index (κ3) is 4.91. The molecule has 0 atom stereocenters. The van der Waals surface area contributed by atoms with Crippen LogP contribution in [0.3, 0.4) is 0 Å². The molecule has 0 saturated heterocycles. The van der Waals surface area contributed by atoms with E-state index in [1.165, 1.54) is 6.07 Å². The van der Waals surface area contributed by atoms with Crippen LogP contribution in [-0.2, 0) is 21.4 Å². The van der Waals surface area contributed by atoms with Crippen molar-refractivity contribution < 1.29 is 13.2 Å². The summed E-state index contributed by atoms with van der Waals surface area (Å²) in [5, 5.41) is 2.70. The molecule has 0 aliphatic rings. The van der Waals surface area contributed by atoms with Crippen molar-refractivity contribution in [2.24, 2.45) is 0 Å². The summed E-state index contributed by atoms with van der Waals surface area (Å²) >= 11 is 0. The lowest BCUT2D eigenvalue weighted by molar-refractivity contribution is -0.120. The lowest BCUT2D eigenvalue weighted by atomic mass is 10.1. The Bertz CT molecular complexity index is 828. The molecule has 0 fully saturated rings. The number of benzene rings is 2. The fourth-order valence-corrected chi connectivity index (χ4v) is 3.16. The van der Waals surface area contributed by atoms with Gasteiger partial charge in [0.05, 0.1) is 11.4 Å². The molecule has 1 amide bonds. The minimum Gasteiger partial charge on any atom is -0.351 e. The van der Waals surface area contributed by atoms with Gasteiger partial charge in [-0.1, -0.05) is 35.9 Å². The zero-order valence-electron chi connectivity index (χ0n) is 14.1. The minimum absolute atomic E-state index is 0.164. The number of carbonyl (C=O) groups excluding carboxylic acids is 1. The molecule has 0 spiro atoms. The minimum atomic E-state index is -3.69. The number of aryl methyl sites for hydroxylation is 3. The van der Waals surface area contributed by atoms with Gasteiger partial charge in [0, 0.05) is 6.54 Å². The Balaban J connectivity index is 1.90. The lowest BCUT2D eigenvalue weighted by Gasteiger charge is -2.09. The second-order valence-corrected chi connectivity index (χ2v) is 7.60. The van der Waals surface area contributed by atoms with Crippen molar-refractivity contribution in [1.82, 2.24) is 10.0 Å². The first kappa shape index (κ1) is 18.2. The summed E-state index contributed by atoms with van der Waals surface area (Å²) in [5.41, 5.74) is 4.02. The first-order valence-electron chi connectivity index (χ1n) is 7.67. The van der Waals surface area contributed by atoms with Crippen LogP contribution in [0, 0.1) is 20.8 Å². The van der Waals surface area contributed by atoms with Crippen LogP contribution >= 0.6 is 0 Å². The molecule has 0 heterocycles. The van der Waals surface area contributed by atoms with Crippen LogP contribution in [0.25, 0.3) is 0 Å². The molecule has 128 valence electrons. The third-order valence-corrected chi connectivity index (χ3v) is 5.22. The Morgan fingerprint density at radius 3 is 2.25 bits per heavy atom. The predicted molar refractivity (Wildman–Crippen MR) is 94.1 cm³/mol. The van der Waals surface area contributed by atoms with Gasteiger partial charge in [-0.25, -0.2) is 13.1 Å². The molecule has 0 unspecified atom stereocenters. The van der Waals surface area contributed by atoms with E-state index in [4.69, 9.17) is 0 Å². The molecule has 0 aromatic heterocycles. The molecule has 2 N–H and O–H groups in total. The first-order chi connectivity index (χ1) is 11.3. The number of rotatable bonds is 6. The molecule has 0 radical (unpaired) electrons. The molecule has 5 nitrogen and oxygen atoms in total. The average Bonchev–Trinajstić information content (AvgIpc) is 2.55. The highest BCUT2D eigenvalue weighted by atomic mass is 32.2. The predicted octanol–water partition coefficient (Wildman–Crippen LogP) is 2.21. The van der Waals surface area contributed by atoms with Crippen molar-refractivity contribution in [1.29, 1.82) is 0 Å². The molecule has 0 aliphatic carbocycles. The Hall–Kier alpha value is -2.18. The maximum atomic E-state index is 12.2. The Morgan fingerprint density at radius 1 is 0.958 bits per heavy atom. The number of hydrogen-bond acceptors (Lipinski definition) is 3. The molecule has 2 aromatic rings. The summed E-state index contributed by atoms with van der Waals surface area (Å²) in [6.07, 6.45) is 0. The van der Waals surface area contributed by atoms with Gasteiger partial charge in [-0.15, -0.1) is 0 Å². The zero-order chi connectivity index (χ0) is 17.7. The van der Waals surface area contributed by atoms with Crippen molar-refractivity contribution in [2.75, 3.05) is 6.54 Å². The van der Waals surface area contributed by atoms with E-state index < -0.39 is 10.0 Å². The Labute approximate surface area is 143 Å². The molecular formula is C18H22N2O3S. The summed E-state index contributed by atoms with van der Waals surface area (Å²) in [7, 11) is -3.69. The summed E-state index contributed by atoms with van der Waals surface area (Å²) in [6, 6.07) is 12.7. The Morgan fingerprint density at radius 2 is 1.62 bits per heavy atom. The van der Waals surface area contributed by atoms with Crippen molar-refractivity contribution in [3.05, 3.63) is 64.7 Å². The monoisotopic (exact) mass is 346 g/mol. The SMILES string of the molecule is Cc1ccc(CNC(=O)CNS(=O)(=O)c2ccc(C)c(C)c2)cc1. The van der Waals surface area contributed by atoms with Gasteiger partial charge in [-0.3, -0.25) is 4.79 Å². The summed E-state index contributed by atoms with van der Waals surface area (Å²) in [6.45, 7) is 5.83. The topological polar surface area (TPSA) is 75.3 Å². The molecule has 6 heteroatoms. The molecular weight excluding hydrogens is 324 g/mol. The molecule has 2 aromatic carbocycles. The number of carbonyl (C=O) groups is 1. The van der Waals surface area contributed by atoms with Gasteiger partial charge in [-0.05, 0) is 49.6 Å². The van der Waals surface area contributed by atoms with E-state index >= 15 is 0 Å². The van der Waals surface area contributed by atoms with E-state index in [0.29, 0.717) is 6.54 Å². The Kier molecular flexibility index (Phi) is 5.75. The second-order valence-electron chi connectivity index (χ2n) is 5.83. The maximum absolute atomic E-state index is 12.2. The highest BCUT2D eigenvalue weighted by molar-refractivity contribution is 7.89. The highest BCUT2D eigenvalue weighted by Gasteiger charge is 2.16. The number of amides is 1. The number of sulfonamides is 1. The maximum Gasteiger partial charge on any atom is 0.241 e. The van der Waals surface area contributed by atoms with Gasteiger partial charge < -0.3 is 5.32 Å².